The van der Waals surface area contributed by atoms with Crippen LogP contribution in [0.5, 0.6) is 0 Å². The molecule has 2 rings (SSSR count). The van der Waals surface area contributed by atoms with Crippen LogP contribution in [0.4, 0.5) is 0 Å². The molecule has 0 bridgehead atoms. The van der Waals surface area contributed by atoms with E-state index in [2.05, 4.69) is 29.4 Å². The molecule has 0 unspecified atom stereocenters. The minimum absolute atomic E-state index is 1.06. The van der Waals surface area contributed by atoms with Crippen LogP contribution in [0.25, 0.3) is 6.08 Å². The maximum absolute atomic E-state index is 3.92. The van der Waals surface area contributed by atoms with Gasteiger partial charge in [-0.3, -0.25) is 0 Å². The Balaban J connectivity index is 3.00. The molecule has 0 N–H and O–H groups in total. The van der Waals surface area contributed by atoms with Gasteiger partial charge in [-0.1, -0.05) is 12.1 Å². The first-order valence-corrected chi connectivity index (χ1v) is 3.65. The number of hydrogen-bond donors (Lipinski definition) is 0. The van der Waals surface area contributed by atoms with Gasteiger partial charge in [-0.2, -0.15) is 4.58 Å². The molecule has 0 saturated carbocycles. The fourth-order valence-corrected chi connectivity index (χ4v) is 1.35. The van der Waals surface area contributed by atoms with Crippen LogP contribution < -0.4 is 15.2 Å². The Morgan fingerprint density at radius 3 is 2.73 bits per heavy atom. The molecule has 0 atom stereocenters. The van der Waals surface area contributed by atoms with Crippen molar-refractivity contribution >= 4 is 6.08 Å². The van der Waals surface area contributed by atoms with Gasteiger partial charge in [-0.25, -0.2) is 0 Å². The van der Waals surface area contributed by atoms with E-state index in [1.807, 2.05) is 19.2 Å². The molecule has 1 aliphatic rings. The monoisotopic (exact) mass is 144 g/mol. The minimum Gasteiger partial charge on any atom is -0.195 e. The summed E-state index contributed by atoms with van der Waals surface area (Å²) in [7, 11) is 2.03. The SMILES string of the molecule is C=C1C=c2ccccc2=[N+]1C. The van der Waals surface area contributed by atoms with E-state index in [0.29, 0.717) is 0 Å². The van der Waals surface area contributed by atoms with Gasteiger partial charge in [0.25, 0.3) is 0 Å². The summed E-state index contributed by atoms with van der Waals surface area (Å²) in [5.74, 6) is 0. The van der Waals surface area contributed by atoms with Crippen molar-refractivity contribution in [3.63, 3.8) is 0 Å². The van der Waals surface area contributed by atoms with Crippen LogP contribution in [0, 0.1) is 0 Å². The van der Waals surface area contributed by atoms with Gasteiger partial charge < -0.3 is 0 Å². The molecule has 1 aliphatic heterocycles. The second kappa shape index (κ2) is 2.06. The molecule has 1 nitrogen and oxygen atoms in total. The second-order valence-electron chi connectivity index (χ2n) is 2.75. The summed E-state index contributed by atoms with van der Waals surface area (Å²) < 4.78 is 2.09. The Hall–Kier alpha value is -1.37. The number of para-hydroxylation sites is 1. The fourth-order valence-electron chi connectivity index (χ4n) is 1.35. The highest BCUT2D eigenvalue weighted by Gasteiger charge is 2.09. The number of allylic oxidation sites excluding steroid dienone is 1. The van der Waals surface area contributed by atoms with Gasteiger partial charge >= 0.3 is 0 Å². The molecule has 0 fully saturated rings. The lowest BCUT2D eigenvalue weighted by Crippen LogP contribution is -2.30. The molecule has 0 aromatic heterocycles. The number of benzene rings is 1. The predicted molar refractivity (Wildman–Crippen MR) is 46.5 cm³/mol. The van der Waals surface area contributed by atoms with Gasteiger partial charge in [-0.15, -0.1) is 0 Å². The largest absolute Gasteiger partial charge is 0.212 e. The van der Waals surface area contributed by atoms with E-state index >= 15 is 0 Å². The minimum atomic E-state index is 1.06. The molecule has 54 valence electrons. The van der Waals surface area contributed by atoms with Crippen LogP contribution in [0.1, 0.15) is 0 Å². The Bertz CT molecular complexity index is 426. The highest BCUT2D eigenvalue weighted by atomic mass is 15.0. The van der Waals surface area contributed by atoms with Gasteiger partial charge in [0.1, 0.15) is 7.05 Å². The topological polar surface area (TPSA) is 3.01 Å². The molecule has 0 amide bonds. The van der Waals surface area contributed by atoms with Gasteiger partial charge in [0.2, 0.25) is 5.36 Å². The van der Waals surface area contributed by atoms with Crippen LogP contribution in [0.3, 0.4) is 0 Å². The van der Waals surface area contributed by atoms with Gasteiger partial charge in [0.05, 0.1) is 5.22 Å². The van der Waals surface area contributed by atoms with E-state index in [0.717, 1.165) is 5.70 Å². The summed E-state index contributed by atoms with van der Waals surface area (Å²) in [6.45, 7) is 3.92. The molecule has 0 spiro atoms. The van der Waals surface area contributed by atoms with Crippen molar-refractivity contribution in [2.75, 3.05) is 7.05 Å². The highest BCUT2D eigenvalue weighted by Crippen LogP contribution is 1.91. The van der Waals surface area contributed by atoms with E-state index in [-0.39, 0.29) is 0 Å². The molecule has 1 heterocycles. The molecule has 0 saturated heterocycles. The number of fused-ring (bicyclic) bond motifs is 1. The maximum atomic E-state index is 3.92. The second-order valence-corrected chi connectivity index (χ2v) is 2.75. The molecular formula is C10H10N+. The standard InChI is InChI=1S/C10H10N/c1-8-7-9-5-3-4-6-10(9)11(8)2/h3-7H,1H2,2H3/q+1. The van der Waals surface area contributed by atoms with Crippen LogP contribution in [0.15, 0.2) is 36.5 Å². The average Bonchev–Trinajstić information content (AvgIpc) is 2.30. The number of hydrogen-bond acceptors (Lipinski definition) is 0. The number of nitrogens with zero attached hydrogens (tertiary/aromatic N) is 1. The third kappa shape index (κ3) is 0.811. The molecule has 11 heavy (non-hydrogen) atoms. The summed E-state index contributed by atoms with van der Waals surface area (Å²) in [6, 6.07) is 8.29. The zero-order chi connectivity index (χ0) is 7.84. The van der Waals surface area contributed by atoms with Crippen molar-refractivity contribution in [1.29, 1.82) is 0 Å². The summed E-state index contributed by atoms with van der Waals surface area (Å²) in [6.07, 6.45) is 2.09. The Morgan fingerprint density at radius 2 is 2.00 bits per heavy atom. The van der Waals surface area contributed by atoms with Crippen LogP contribution in [-0.4, -0.2) is 7.05 Å². The Labute approximate surface area is 65.6 Å². The van der Waals surface area contributed by atoms with E-state index in [1.165, 1.54) is 10.6 Å². The summed E-state index contributed by atoms with van der Waals surface area (Å²) in [5, 5.41) is 2.51. The molecule has 1 heteroatoms. The molecule has 1 aromatic carbocycles. The lowest BCUT2D eigenvalue weighted by atomic mass is 10.3. The van der Waals surface area contributed by atoms with Crippen molar-refractivity contribution in [3.8, 4) is 0 Å². The van der Waals surface area contributed by atoms with E-state index in [4.69, 9.17) is 0 Å². The first-order valence-electron chi connectivity index (χ1n) is 3.65. The average molecular weight is 144 g/mol. The maximum Gasteiger partial charge on any atom is 0.212 e. The van der Waals surface area contributed by atoms with E-state index in [9.17, 15) is 0 Å². The van der Waals surface area contributed by atoms with Gasteiger partial charge in [0, 0.05) is 12.1 Å². The number of rotatable bonds is 0. The molecule has 0 aliphatic carbocycles. The first kappa shape index (κ1) is 6.35. The third-order valence-corrected chi connectivity index (χ3v) is 2.05. The smallest absolute Gasteiger partial charge is 0.195 e. The Kier molecular flexibility index (Phi) is 1.19. The van der Waals surface area contributed by atoms with Crippen LogP contribution >= 0.6 is 0 Å². The van der Waals surface area contributed by atoms with E-state index in [1.54, 1.807) is 0 Å². The van der Waals surface area contributed by atoms with Crippen molar-refractivity contribution in [2.24, 2.45) is 0 Å². The summed E-state index contributed by atoms with van der Waals surface area (Å²) in [5.41, 5.74) is 1.06. The van der Waals surface area contributed by atoms with Gasteiger partial charge in [-0.05, 0) is 12.6 Å². The lowest BCUT2D eigenvalue weighted by molar-refractivity contribution is 0.863. The molecular weight excluding hydrogens is 134 g/mol. The molecule has 0 radical (unpaired) electrons. The first-order chi connectivity index (χ1) is 5.29. The normalized spacial score (nSPS) is 14.6. The van der Waals surface area contributed by atoms with Crippen LogP contribution in [-0.2, 0) is 0 Å². The fraction of sp³-hybridized carbons (Fsp3) is 0.100. The lowest BCUT2D eigenvalue weighted by Gasteiger charge is -1.85. The van der Waals surface area contributed by atoms with Crippen molar-refractivity contribution in [1.82, 2.24) is 4.58 Å². The van der Waals surface area contributed by atoms with Crippen molar-refractivity contribution < 1.29 is 0 Å². The summed E-state index contributed by atoms with van der Waals surface area (Å²) >= 11 is 0. The van der Waals surface area contributed by atoms with E-state index < -0.39 is 0 Å². The van der Waals surface area contributed by atoms with Crippen molar-refractivity contribution in [3.05, 3.63) is 47.1 Å². The quantitative estimate of drug-likeness (QED) is 0.455. The van der Waals surface area contributed by atoms with Crippen LogP contribution in [0.2, 0.25) is 0 Å². The van der Waals surface area contributed by atoms with Crippen molar-refractivity contribution in [2.45, 2.75) is 0 Å². The zero-order valence-electron chi connectivity index (χ0n) is 6.54. The summed E-state index contributed by atoms with van der Waals surface area (Å²) in [4.78, 5) is 0. The molecule has 1 aromatic rings. The Morgan fingerprint density at radius 1 is 1.27 bits per heavy atom. The predicted octanol–water partition coefficient (Wildman–Crippen LogP) is 0.115. The highest BCUT2D eigenvalue weighted by molar-refractivity contribution is 5.47. The zero-order valence-corrected chi connectivity index (χ0v) is 6.54. The van der Waals surface area contributed by atoms with Gasteiger partial charge in [0.15, 0.2) is 5.70 Å². The third-order valence-electron chi connectivity index (χ3n) is 2.05.